The number of carbonyl (C=O) groups is 1. The van der Waals surface area contributed by atoms with Crippen LogP contribution in [0.3, 0.4) is 0 Å². The summed E-state index contributed by atoms with van der Waals surface area (Å²) in [5, 5.41) is 6.44. The van der Waals surface area contributed by atoms with Gasteiger partial charge in [-0.2, -0.15) is 0 Å². The number of rotatable bonds is 6. The Kier molecular flexibility index (Phi) is 5.21. The van der Waals surface area contributed by atoms with Crippen LogP contribution in [0.4, 0.5) is 0 Å². The van der Waals surface area contributed by atoms with Crippen molar-refractivity contribution in [2.45, 2.75) is 32.1 Å². The maximum atomic E-state index is 12.4. The average Bonchev–Trinajstić information content (AvgIpc) is 3.09. The number of hydrogen-bond acceptors (Lipinski definition) is 3. The van der Waals surface area contributed by atoms with E-state index >= 15 is 0 Å². The van der Waals surface area contributed by atoms with Crippen LogP contribution in [-0.2, 0) is 11.2 Å². The lowest BCUT2D eigenvalue weighted by Crippen LogP contribution is -2.33. The smallest absolute Gasteiger partial charge is 0.224 e. The van der Waals surface area contributed by atoms with E-state index in [1.807, 2.05) is 18.2 Å². The van der Waals surface area contributed by atoms with Gasteiger partial charge in [-0.25, -0.2) is 0 Å². The first-order valence-corrected chi connectivity index (χ1v) is 9.68. The molecule has 0 unspecified atom stereocenters. The predicted octanol–water partition coefficient (Wildman–Crippen LogP) is 4.12. The predicted molar refractivity (Wildman–Crippen MR) is 105 cm³/mol. The molecule has 0 radical (unpaired) electrons. The van der Waals surface area contributed by atoms with Gasteiger partial charge in [-0.1, -0.05) is 36.8 Å². The van der Waals surface area contributed by atoms with E-state index in [2.05, 4.69) is 28.4 Å². The van der Waals surface area contributed by atoms with Crippen molar-refractivity contribution < 1.29 is 9.21 Å². The Morgan fingerprint density at radius 2 is 1.92 bits per heavy atom. The highest BCUT2D eigenvalue weighted by Crippen LogP contribution is 2.30. The Morgan fingerprint density at radius 3 is 2.81 bits per heavy atom. The molecule has 26 heavy (non-hydrogen) atoms. The van der Waals surface area contributed by atoms with Gasteiger partial charge in [0.1, 0.15) is 5.58 Å². The van der Waals surface area contributed by atoms with E-state index in [1.54, 1.807) is 6.26 Å². The fourth-order valence-corrected chi connectivity index (χ4v) is 3.95. The normalized spacial score (nSPS) is 15.5. The van der Waals surface area contributed by atoms with Gasteiger partial charge in [0, 0.05) is 17.5 Å². The Morgan fingerprint density at radius 1 is 1.08 bits per heavy atom. The van der Waals surface area contributed by atoms with Crippen molar-refractivity contribution in [1.82, 2.24) is 10.2 Å². The third-order valence-corrected chi connectivity index (χ3v) is 5.31. The zero-order valence-corrected chi connectivity index (χ0v) is 15.2. The first-order valence-electron chi connectivity index (χ1n) is 9.68. The third-order valence-electron chi connectivity index (χ3n) is 5.31. The lowest BCUT2D eigenvalue weighted by molar-refractivity contribution is -0.120. The van der Waals surface area contributed by atoms with Crippen LogP contribution in [0.1, 0.15) is 31.2 Å². The number of nitrogens with zero attached hydrogens (tertiary/aromatic N) is 1. The van der Waals surface area contributed by atoms with Gasteiger partial charge in [0.05, 0.1) is 12.7 Å². The molecule has 1 aliphatic rings. The molecule has 1 aliphatic heterocycles. The molecule has 0 aliphatic carbocycles. The van der Waals surface area contributed by atoms with E-state index in [9.17, 15) is 4.79 Å². The van der Waals surface area contributed by atoms with Gasteiger partial charge in [-0.15, -0.1) is 0 Å². The zero-order chi connectivity index (χ0) is 17.8. The standard InChI is InChI=1S/C22H26N2O2/c25-21(23-11-6-14-24-12-4-1-5-13-24)15-18-16-26-20-10-9-17-7-2-3-8-19(17)22(18)20/h2-3,7-10,16H,1,4-6,11-15H2,(H,23,25). The molecular weight excluding hydrogens is 324 g/mol. The van der Waals surface area contributed by atoms with Crippen molar-refractivity contribution in [2.24, 2.45) is 0 Å². The minimum absolute atomic E-state index is 0.0688. The summed E-state index contributed by atoms with van der Waals surface area (Å²) in [4.78, 5) is 14.9. The lowest BCUT2D eigenvalue weighted by Gasteiger charge is -2.26. The summed E-state index contributed by atoms with van der Waals surface area (Å²) >= 11 is 0. The first kappa shape index (κ1) is 17.1. The van der Waals surface area contributed by atoms with E-state index in [1.165, 1.54) is 37.7 Å². The molecule has 136 valence electrons. The van der Waals surface area contributed by atoms with Gasteiger partial charge < -0.3 is 14.6 Å². The van der Waals surface area contributed by atoms with Gasteiger partial charge in [0.15, 0.2) is 0 Å². The molecule has 2 heterocycles. The second kappa shape index (κ2) is 7.92. The van der Waals surface area contributed by atoms with E-state index in [0.717, 1.165) is 41.4 Å². The van der Waals surface area contributed by atoms with E-state index in [0.29, 0.717) is 6.42 Å². The van der Waals surface area contributed by atoms with Gasteiger partial charge >= 0.3 is 0 Å². The minimum Gasteiger partial charge on any atom is -0.464 e. The third kappa shape index (κ3) is 3.75. The van der Waals surface area contributed by atoms with Crippen molar-refractivity contribution in [3.05, 3.63) is 48.2 Å². The maximum Gasteiger partial charge on any atom is 0.224 e. The highest BCUT2D eigenvalue weighted by Gasteiger charge is 2.13. The van der Waals surface area contributed by atoms with Crippen molar-refractivity contribution in [1.29, 1.82) is 0 Å². The largest absolute Gasteiger partial charge is 0.464 e. The van der Waals surface area contributed by atoms with Crippen LogP contribution < -0.4 is 5.32 Å². The molecule has 0 bridgehead atoms. The van der Waals surface area contributed by atoms with Crippen LogP contribution in [-0.4, -0.2) is 37.0 Å². The van der Waals surface area contributed by atoms with E-state index in [-0.39, 0.29) is 5.91 Å². The summed E-state index contributed by atoms with van der Waals surface area (Å²) in [6, 6.07) is 12.3. The van der Waals surface area contributed by atoms with Crippen LogP contribution in [0.5, 0.6) is 0 Å². The van der Waals surface area contributed by atoms with Gasteiger partial charge in [-0.05, 0) is 55.7 Å². The van der Waals surface area contributed by atoms with Crippen LogP contribution in [0.2, 0.25) is 0 Å². The molecule has 4 heteroatoms. The van der Waals surface area contributed by atoms with Crippen LogP contribution in [0.25, 0.3) is 21.7 Å². The van der Waals surface area contributed by atoms with Crippen molar-refractivity contribution in [3.63, 3.8) is 0 Å². The number of carbonyl (C=O) groups excluding carboxylic acids is 1. The molecule has 0 atom stereocenters. The van der Waals surface area contributed by atoms with Crippen molar-refractivity contribution in [2.75, 3.05) is 26.2 Å². The molecule has 0 saturated carbocycles. The SMILES string of the molecule is O=C(Cc1coc2ccc3ccccc3c12)NCCCN1CCCCC1. The Labute approximate surface area is 154 Å². The highest BCUT2D eigenvalue weighted by molar-refractivity contribution is 6.08. The fraction of sp³-hybridized carbons (Fsp3) is 0.409. The number of piperidine rings is 1. The summed E-state index contributed by atoms with van der Waals surface area (Å²) in [6.45, 7) is 4.25. The molecule has 1 fully saturated rings. The topological polar surface area (TPSA) is 45.5 Å². The number of likely N-dealkylation sites (tertiary alicyclic amines) is 1. The number of fused-ring (bicyclic) bond motifs is 3. The Balaban J connectivity index is 1.36. The number of hydrogen-bond donors (Lipinski definition) is 1. The Hall–Kier alpha value is -2.33. The second-order valence-corrected chi connectivity index (χ2v) is 7.20. The molecule has 0 spiro atoms. The summed E-state index contributed by atoms with van der Waals surface area (Å²) in [5.74, 6) is 0.0688. The second-order valence-electron chi connectivity index (χ2n) is 7.20. The molecule has 1 saturated heterocycles. The van der Waals surface area contributed by atoms with Crippen molar-refractivity contribution >= 4 is 27.6 Å². The number of furan rings is 1. The van der Waals surface area contributed by atoms with Gasteiger partial charge in [-0.3, -0.25) is 4.79 Å². The molecule has 3 aromatic rings. The lowest BCUT2D eigenvalue weighted by atomic mass is 10.0. The Bertz CT molecular complexity index is 893. The molecular formula is C22H26N2O2. The van der Waals surface area contributed by atoms with Gasteiger partial charge in [0.2, 0.25) is 5.91 Å². The van der Waals surface area contributed by atoms with Gasteiger partial charge in [0.25, 0.3) is 0 Å². The van der Waals surface area contributed by atoms with Crippen LogP contribution in [0.15, 0.2) is 47.1 Å². The number of nitrogens with one attached hydrogen (secondary N) is 1. The summed E-state index contributed by atoms with van der Waals surface area (Å²) in [7, 11) is 0. The fourth-order valence-electron chi connectivity index (χ4n) is 3.95. The highest BCUT2D eigenvalue weighted by atomic mass is 16.3. The monoisotopic (exact) mass is 350 g/mol. The first-order chi connectivity index (χ1) is 12.8. The van der Waals surface area contributed by atoms with Crippen molar-refractivity contribution in [3.8, 4) is 0 Å². The molecule has 1 N–H and O–H groups in total. The molecule has 4 rings (SSSR count). The zero-order valence-electron chi connectivity index (χ0n) is 15.2. The number of benzene rings is 2. The molecule has 1 aromatic heterocycles. The summed E-state index contributed by atoms with van der Waals surface area (Å²) < 4.78 is 5.68. The number of amides is 1. The van der Waals surface area contributed by atoms with E-state index < -0.39 is 0 Å². The average molecular weight is 350 g/mol. The molecule has 1 amide bonds. The quantitative estimate of drug-likeness (QED) is 0.680. The van der Waals surface area contributed by atoms with Crippen LogP contribution in [0, 0.1) is 0 Å². The molecule has 4 nitrogen and oxygen atoms in total. The summed E-state index contributed by atoms with van der Waals surface area (Å²) in [5.41, 5.74) is 1.81. The van der Waals surface area contributed by atoms with Crippen LogP contribution >= 0.6 is 0 Å². The summed E-state index contributed by atoms with van der Waals surface area (Å²) in [6.07, 6.45) is 7.10. The minimum atomic E-state index is 0.0688. The maximum absolute atomic E-state index is 12.4. The van der Waals surface area contributed by atoms with E-state index in [4.69, 9.17) is 4.42 Å². The molecule has 2 aromatic carbocycles.